The van der Waals surface area contributed by atoms with Gasteiger partial charge in [0.2, 0.25) is 29.5 Å². The number of amides is 6. The van der Waals surface area contributed by atoms with Gasteiger partial charge in [0.25, 0.3) is 24.8 Å². The lowest BCUT2D eigenvalue weighted by Gasteiger charge is -2.34. The molecule has 0 unspecified atom stereocenters. The number of likely N-dealkylation sites (tertiary alicyclic amines) is 1. The van der Waals surface area contributed by atoms with E-state index in [0.29, 0.717) is 153 Å². The third kappa shape index (κ3) is 26.1. The summed E-state index contributed by atoms with van der Waals surface area (Å²) < 4.78 is 44.0. The van der Waals surface area contributed by atoms with Gasteiger partial charge in [-0.2, -0.15) is 0 Å². The topological polar surface area (TPSA) is 285 Å². The molecule has 6 rings (SSSR count). The van der Waals surface area contributed by atoms with Crippen molar-refractivity contribution in [3.05, 3.63) is 71.4 Å². The van der Waals surface area contributed by atoms with Gasteiger partial charge in [0.1, 0.15) is 25.3 Å². The molecule has 498 valence electrons. The maximum absolute atomic E-state index is 14.0. The van der Waals surface area contributed by atoms with E-state index in [4.69, 9.17) is 20.6 Å². The molecule has 6 amide bonds. The molecule has 3 fully saturated rings. The lowest BCUT2D eigenvalue weighted by molar-refractivity contribution is -0.139. The van der Waals surface area contributed by atoms with Crippen molar-refractivity contribution >= 4 is 65.3 Å². The predicted octanol–water partition coefficient (Wildman–Crippen LogP) is 2.09. The van der Waals surface area contributed by atoms with Gasteiger partial charge in [-0.05, 0) is 94.7 Å². The molecule has 3 saturated heterocycles. The number of fused-ring (bicyclic) bond motifs is 1. The molecule has 3 aromatic rings. The second-order valence-electron chi connectivity index (χ2n) is 23.3. The first kappa shape index (κ1) is 72.2. The number of hydrogen-bond acceptors (Lipinski definition) is 18. The minimum atomic E-state index is -3.09. The van der Waals surface area contributed by atoms with Crippen LogP contribution in [0.3, 0.4) is 0 Å². The number of aryl methyl sites for hydroxylation is 2. The minimum absolute atomic E-state index is 0.00446. The molecule has 0 bridgehead atoms. The lowest BCUT2D eigenvalue weighted by atomic mass is 10.1. The molecule has 4 heterocycles. The number of nitrogens with zero attached hydrogens (tertiary/aromatic N) is 8. The zero-order valence-corrected chi connectivity index (χ0v) is 52.3. The number of alkyl halides is 2. The molecule has 0 spiro atoms. The molecule has 0 saturated carbocycles. The summed E-state index contributed by atoms with van der Waals surface area (Å²) in [5.74, 6) is -3.46. The van der Waals surface area contributed by atoms with E-state index in [1.165, 1.54) is 12.3 Å². The highest BCUT2D eigenvalue weighted by molar-refractivity contribution is 6.07. The van der Waals surface area contributed by atoms with Gasteiger partial charge in [0.15, 0.2) is 0 Å². The van der Waals surface area contributed by atoms with Gasteiger partial charge in [-0.3, -0.25) is 72.6 Å². The van der Waals surface area contributed by atoms with Crippen molar-refractivity contribution in [3.8, 4) is 18.1 Å². The molecule has 5 N–H and O–H groups in total. The highest BCUT2D eigenvalue weighted by atomic mass is 19.3. The molecule has 27 heteroatoms. The standard InChI is InChI=1S/C64H90F2N12O13/c1-3-51-40-64(65,66)44-78(51)60(84)41-70-62(87)53-21-24-67-55-20-19-52(39-54(53)55)91-38-8-7-25-72-34-36-77(37-35-72)59(83)14-5-4-6-22-69-63(88)56(12-10-23-68-57(81)13-9-11-50-17-15-49(2)16-18-50)71-58(82)42-73-26-27-74(43-61(85)86)29-31-76(46-90-48-80)33-32-75(30-28-73)45-89-47-79/h1,15-21,24,39,47-48,51,56H,4-14,22-23,25-38,40-46H2,2H3,(H,68,81)(H,69,88)(H,70,87)(H,71,82)(H,85,86)/t51-,56-/m0/s1. The Morgan fingerprint density at radius 3 is 2.02 bits per heavy atom. The Morgan fingerprint density at radius 2 is 1.36 bits per heavy atom. The van der Waals surface area contributed by atoms with Gasteiger partial charge in [0, 0.05) is 122 Å². The Kier molecular flexibility index (Phi) is 30.7. The fourth-order valence-electron chi connectivity index (χ4n) is 11.1. The quantitative estimate of drug-likeness (QED) is 0.0320. The fourth-order valence-corrected chi connectivity index (χ4v) is 11.1. The first-order chi connectivity index (χ1) is 43.9. The second kappa shape index (κ2) is 38.7. The van der Waals surface area contributed by atoms with Crippen molar-refractivity contribution in [2.45, 2.75) is 102 Å². The molecule has 3 aliphatic rings. The SMILES string of the molecule is C#C[C@H]1CC(F)(F)CN1C(=O)CNC(=O)c1ccnc2ccc(OCCCCN3CCN(C(=O)CCCCCNC(=O)[C@H](CCCNC(=O)CCCc4ccc(C)cc4)NC(=O)CN4CCN(COC=O)CCN(COC=O)CCN(CC(=O)O)CC4)CC3)cc12. The Bertz CT molecular complexity index is 2900. The van der Waals surface area contributed by atoms with Crippen LogP contribution < -0.4 is 26.0 Å². The van der Waals surface area contributed by atoms with Gasteiger partial charge in [-0.25, -0.2) is 8.78 Å². The fraction of sp³-hybridized carbons (Fsp3) is 0.594. The van der Waals surface area contributed by atoms with E-state index in [0.717, 1.165) is 54.9 Å². The summed E-state index contributed by atoms with van der Waals surface area (Å²) in [6.07, 6.45) is 12.5. The number of ether oxygens (including phenoxy) is 3. The maximum Gasteiger partial charge on any atom is 0.317 e. The highest BCUT2D eigenvalue weighted by Crippen LogP contribution is 2.32. The molecule has 2 atom stereocenters. The smallest absolute Gasteiger partial charge is 0.317 e. The third-order valence-electron chi connectivity index (χ3n) is 16.3. The maximum atomic E-state index is 14.0. The van der Waals surface area contributed by atoms with E-state index in [9.17, 15) is 57.0 Å². The second-order valence-corrected chi connectivity index (χ2v) is 23.3. The first-order valence-corrected chi connectivity index (χ1v) is 31.5. The number of halogens is 2. The average molecular weight is 1270 g/mol. The summed E-state index contributed by atoms with van der Waals surface area (Å²) in [6, 6.07) is 12.9. The summed E-state index contributed by atoms with van der Waals surface area (Å²) in [7, 11) is 0. The number of unbranched alkanes of at least 4 members (excludes halogenated alkanes) is 3. The van der Waals surface area contributed by atoms with E-state index >= 15 is 0 Å². The van der Waals surface area contributed by atoms with Gasteiger partial charge in [-0.15, -0.1) is 6.42 Å². The monoisotopic (exact) mass is 1270 g/mol. The zero-order valence-electron chi connectivity index (χ0n) is 52.3. The number of piperazine rings is 1. The molecule has 25 nitrogen and oxygen atoms in total. The summed E-state index contributed by atoms with van der Waals surface area (Å²) in [6.45, 7) is 8.38. The summed E-state index contributed by atoms with van der Waals surface area (Å²) in [5, 5.41) is 21.6. The van der Waals surface area contributed by atoms with Crippen LogP contribution in [0.25, 0.3) is 10.9 Å². The number of pyridine rings is 1. The van der Waals surface area contributed by atoms with Crippen molar-refractivity contribution < 1.29 is 71.2 Å². The Hall–Kier alpha value is -7.90. The number of rotatable bonds is 35. The van der Waals surface area contributed by atoms with E-state index in [1.54, 1.807) is 23.1 Å². The van der Waals surface area contributed by atoms with Crippen LogP contribution in [0.15, 0.2) is 54.7 Å². The number of hydrogen-bond donors (Lipinski definition) is 5. The molecule has 1 aromatic heterocycles. The molecule has 0 aliphatic carbocycles. The zero-order chi connectivity index (χ0) is 65.4. The minimum Gasteiger partial charge on any atom is -0.494 e. The molecule has 3 aliphatic heterocycles. The Labute approximate surface area is 531 Å². The lowest BCUT2D eigenvalue weighted by Crippen LogP contribution is -2.52. The highest BCUT2D eigenvalue weighted by Gasteiger charge is 2.46. The van der Waals surface area contributed by atoms with Crippen molar-refractivity contribution in [1.29, 1.82) is 0 Å². The van der Waals surface area contributed by atoms with E-state index in [-0.39, 0.29) is 62.8 Å². The van der Waals surface area contributed by atoms with Gasteiger partial charge >= 0.3 is 5.97 Å². The number of aromatic nitrogens is 1. The van der Waals surface area contributed by atoms with Crippen LogP contribution in [0.4, 0.5) is 8.78 Å². The predicted molar refractivity (Wildman–Crippen MR) is 333 cm³/mol. The van der Waals surface area contributed by atoms with Crippen molar-refractivity contribution in [2.24, 2.45) is 0 Å². The van der Waals surface area contributed by atoms with Crippen molar-refractivity contribution in [2.75, 3.05) is 144 Å². The van der Waals surface area contributed by atoms with Crippen LogP contribution in [0.2, 0.25) is 0 Å². The first-order valence-electron chi connectivity index (χ1n) is 31.5. The van der Waals surface area contributed by atoms with Gasteiger partial charge < -0.3 is 50.4 Å². The van der Waals surface area contributed by atoms with E-state index in [2.05, 4.69) is 49.2 Å². The van der Waals surface area contributed by atoms with Crippen LogP contribution >= 0.6 is 0 Å². The molecule has 91 heavy (non-hydrogen) atoms. The van der Waals surface area contributed by atoms with E-state index in [1.807, 2.05) is 38.7 Å². The number of terminal acetylenes is 1. The molecule has 2 aromatic carbocycles. The number of carbonyl (C=O) groups excluding carboxylic acids is 8. The Balaban J connectivity index is 0.907. The van der Waals surface area contributed by atoms with Crippen LogP contribution in [-0.4, -0.2) is 261 Å². The van der Waals surface area contributed by atoms with Gasteiger partial charge in [0.05, 0.1) is 49.9 Å². The largest absolute Gasteiger partial charge is 0.494 e. The Morgan fingerprint density at radius 1 is 0.714 bits per heavy atom. The van der Waals surface area contributed by atoms with Gasteiger partial charge in [-0.1, -0.05) is 42.2 Å². The molecule has 0 radical (unpaired) electrons. The third-order valence-corrected chi connectivity index (χ3v) is 16.3. The summed E-state index contributed by atoms with van der Waals surface area (Å²) in [4.78, 5) is 131. The van der Waals surface area contributed by atoms with E-state index < -0.39 is 61.2 Å². The van der Waals surface area contributed by atoms with Crippen LogP contribution in [0.1, 0.15) is 92.1 Å². The van der Waals surface area contributed by atoms with Crippen molar-refractivity contribution in [1.82, 2.24) is 60.6 Å². The number of carboxylic acid groups (broad SMARTS) is 1. The normalized spacial score (nSPS) is 17.5. The molecular weight excluding hydrogens is 1180 g/mol. The number of carboxylic acids is 1. The summed E-state index contributed by atoms with van der Waals surface area (Å²) in [5.41, 5.74) is 3.10. The number of aliphatic carboxylic acids is 1. The van der Waals surface area contributed by atoms with Crippen LogP contribution in [0, 0.1) is 19.3 Å². The summed E-state index contributed by atoms with van der Waals surface area (Å²) >= 11 is 0. The molecular formula is C64H90F2N12O13. The number of nitrogens with one attached hydrogen (secondary N) is 4. The number of benzene rings is 2. The van der Waals surface area contributed by atoms with Crippen LogP contribution in [-0.2, 0) is 54.3 Å². The van der Waals surface area contributed by atoms with Crippen LogP contribution in [0.5, 0.6) is 5.75 Å². The number of carbonyl (C=O) groups is 9. The average Bonchev–Trinajstić information content (AvgIpc) is 2.32. The van der Waals surface area contributed by atoms with Crippen molar-refractivity contribution in [3.63, 3.8) is 0 Å².